The molecule has 0 unspecified atom stereocenters. The van der Waals surface area contributed by atoms with Gasteiger partial charge in [0.1, 0.15) is 0 Å². The van der Waals surface area contributed by atoms with Crippen molar-refractivity contribution >= 4 is 33.1 Å². The van der Waals surface area contributed by atoms with Gasteiger partial charge in [-0.15, -0.1) is 4.40 Å². The van der Waals surface area contributed by atoms with E-state index in [0.717, 1.165) is 24.3 Å². The molecule has 0 aliphatic rings. The van der Waals surface area contributed by atoms with Crippen LogP contribution in [0.15, 0.2) is 33.6 Å². The van der Waals surface area contributed by atoms with Gasteiger partial charge in [0.2, 0.25) is 0 Å². The fourth-order valence-electron chi connectivity index (χ4n) is 0.842. The van der Waals surface area contributed by atoms with Crippen molar-refractivity contribution < 1.29 is 13.3 Å². The second kappa shape index (κ2) is 4.26. The molecular formula is C7H4N2O4S2. The van der Waals surface area contributed by atoms with Crippen molar-refractivity contribution in [1.29, 1.82) is 0 Å². The molecule has 0 amide bonds. The smallest absolute Gasteiger partial charge is 0.258 e. The second-order valence-corrected chi connectivity index (χ2v) is 4.20. The zero-order valence-electron chi connectivity index (χ0n) is 7.15. The van der Waals surface area contributed by atoms with Gasteiger partial charge in [-0.2, -0.15) is 8.42 Å². The van der Waals surface area contributed by atoms with Crippen LogP contribution in [0.4, 0.5) is 5.69 Å². The van der Waals surface area contributed by atoms with Crippen LogP contribution in [0.3, 0.4) is 0 Å². The number of benzene rings is 1. The highest BCUT2D eigenvalue weighted by Gasteiger charge is 2.13. The van der Waals surface area contributed by atoms with E-state index < -0.39 is 14.9 Å². The highest BCUT2D eigenvalue weighted by molar-refractivity contribution is 7.91. The van der Waals surface area contributed by atoms with Crippen LogP contribution in [-0.4, -0.2) is 18.5 Å². The largest absolute Gasteiger partial charge is 0.290 e. The summed E-state index contributed by atoms with van der Waals surface area (Å²) in [4.78, 5) is 9.50. The number of hydrogen-bond donors (Lipinski definition) is 0. The van der Waals surface area contributed by atoms with E-state index in [4.69, 9.17) is 0 Å². The van der Waals surface area contributed by atoms with E-state index in [2.05, 4.69) is 16.6 Å². The van der Waals surface area contributed by atoms with Crippen molar-refractivity contribution in [3.05, 3.63) is 34.4 Å². The zero-order chi connectivity index (χ0) is 11.5. The summed E-state index contributed by atoms with van der Waals surface area (Å²) >= 11 is 4.16. The van der Waals surface area contributed by atoms with Crippen LogP contribution >= 0.6 is 12.2 Å². The van der Waals surface area contributed by atoms with Crippen LogP contribution in [0.1, 0.15) is 0 Å². The molecule has 0 heterocycles. The number of non-ortho nitro benzene ring substituents is 1. The average Bonchev–Trinajstić information content (AvgIpc) is 2.18. The summed E-state index contributed by atoms with van der Waals surface area (Å²) < 4.78 is 25.5. The molecule has 1 rings (SSSR count). The number of rotatable bonds is 3. The minimum absolute atomic E-state index is 0.162. The van der Waals surface area contributed by atoms with Gasteiger partial charge in [0.15, 0.2) is 0 Å². The third-order valence-electron chi connectivity index (χ3n) is 1.50. The van der Waals surface area contributed by atoms with Crippen LogP contribution in [0.25, 0.3) is 0 Å². The molecule has 78 valence electrons. The van der Waals surface area contributed by atoms with E-state index in [0.29, 0.717) is 0 Å². The van der Waals surface area contributed by atoms with E-state index in [1.807, 2.05) is 0 Å². The molecule has 0 atom stereocenters. The van der Waals surface area contributed by atoms with Crippen molar-refractivity contribution in [3.8, 4) is 0 Å². The summed E-state index contributed by atoms with van der Waals surface area (Å²) in [6, 6.07) is 4.32. The van der Waals surface area contributed by atoms with Crippen molar-refractivity contribution in [1.82, 2.24) is 0 Å². The van der Waals surface area contributed by atoms with Gasteiger partial charge in [0.05, 0.1) is 15.0 Å². The number of thiocarbonyl (C=S) groups is 1. The van der Waals surface area contributed by atoms with Crippen LogP contribution in [0.2, 0.25) is 0 Å². The molecule has 0 spiro atoms. The van der Waals surface area contributed by atoms with Gasteiger partial charge < -0.3 is 0 Å². The molecule has 8 heteroatoms. The molecule has 15 heavy (non-hydrogen) atoms. The number of nitrogens with zero attached hydrogens (tertiary/aromatic N) is 2. The Labute approximate surface area is 90.5 Å². The van der Waals surface area contributed by atoms with Crippen LogP contribution in [-0.2, 0) is 10.0 Å². The standard InChI is InChI=1S/C7H4N2O4S2/c10-9(11)6-1-3-7(4-2-6)15(12,13)8-5-14/h1-4H. The summed E-state index contributed by atoms with van der Waals surface area (Å²) in [5, 5.41) is 12.0. The molecule has 1 aromatic rings. The molecule has 0 radical (unpaired) electrons. The lowest BCUT2D eigenvalue weighted by Crippen LogP contribution is -1.96. The fourth-order valence-corrected chi connectivity index (χ4v) is 1.82. The maximum absolute atomic E-state index is 11.2. The van der Waals surface area contributed by atoms with Crippen molar-refractivity contribution in [2.45, 2.75) is 4.90 Å². The van der Waals surface area contributed by atoms with Gasteiger partial charge in [-0.1, -0.05) is 0 Å². The molecule has 6 nitrogen and oxygen atoms in total. The first kappa shape index (κ1) is 11.4. The van der Waals surface area contributed by atoms with Crippen molar-refractivity contribution in [3.63, 3.8) is 0 Å². The first-order chi connectivity index (χ1) is 6.97. The predicted octanol–water partition coefficient (Wildman–Crippen LogP) is 1.39. The normalized spacial score (nSPS) is 10.4. The van der Waals surface area contributed by atoms with E-state index in [1.54, 1.807) is 5.16 Å². The van der Waals surface area contributed by atoms with Crippen molar-refractivity contribution in [2.75, 3.05) is 0 Å². The average molecular weight is 244 g/mol. The van der Waals surface area contributed by atoms with Gasteiger partial charge in [-0.25, -0.2) is 0 Å². The summed E-state index contributed by atoms with van der Waals surface area (Å²) in [7, 11) is -3.87. The first-order valence-electron chi connectivity index (χ1n) is 3.56. The third-order valence-corrected chi connectivity index (χ3v) is 2.91. The molecule has 0 aromatic heterocycles. The summed E-state index contributed by atoms with van der Waals surface area (Å²) in [5.41, 5.74) is -0.194. The van der Waals surface area contributed by atoms with Gasteiger partial charge >= 0.3 is 0 Å². The maximum atomic E-state index is 11.2. The third kappa shape index (κ3) is 2.66. The Morgan fingerprint density at radius 1 is 1.33 bits per heavy atom. The number of isothiocyanates is 1. The number of nitro groups is 1. The Morgan fingerprint density at radius 3 is 2.27 bits per heavy atom. The lowest BCUT2D eigenvalue weighted by atomic mass is 10.3. The molecule has 0 saturated heterocycles. The lowest BCUT2D eigenvalue weighted by molar-refractivity contribution is -0.384. The molecule has 0 bridgehead atoms. The van der Waals surface area contributed by atoms with E-state index in [-0.39, 0.29) is 10.6 Å². The number of nitro benzene ring substituents is 1. The first-order valence-corrected chi connectivity index (χ1v) is 5.41. The quantitative estimate of drug-likeness (QED) is 0.347. The molecule has 0 saturated carbocycles. The van der Waals surface area contributed by atoms with E-state index >= 15 is 0 Å². The Hall–Kier alpha value is -1.63. The van der Waals surface area contributed by atoms with Crippen LogP contribution < -0.4 is 0 Å². The highest BCUT2D eigenvalue weighted by Crippen LogP contribution is 2.16. The molecule has 0 aliphatic heterocycles. The Bertz CT molecular complexity index is 529. The summed E-state index contributed by atoms with van der Waals surface area (Å²) in [6.07, 6.45) is 0. The monoisotopic (exact) mass is 244 g/mol. The minimum atomic E-state index is -3.87. The number of sulfonamides is 1. The van der Waals surface area contributed by atoms with Crippen LogP contribution in [0, 0.1) is 10.1 Å². The molecular weight excluding hydrogens is 240 g/mol. The topological polar surface area (TPSA) is 89.6 Å². The van der Waals surface area contributed by atoms with Gasteiger partial charge in [-0.3, -0.25) is 10.1 Å². The second-order valence-electron chi connectivity index (χ2n) is 2.41. The Morgan fingerprint density at radius 2 is 1.87 bits per heavy atom. The number of hydrogen-bond acceptors (Lipinski definition) is 5. The fraction of sp³-hybridized carbons (Fsp3) is 0. The minimum Gasteiger partial charge on any atom is -0.258 e. The highest BCUT2D eigenvalue weighted by atomic mass is 32.2. The van der Waals surface area contributed by atoms with E-state index in [9.17, 15) is 18.5 Å². The molecule has 0 aliphatic carbocycles. The Balaban J connectivity index is 3.21. The van der Waals surface area contributed by atoms with Gasteiger partial charge in [0.25, 0.3) is 15.7 Å². The van der Waals surface area contributed by atoms with Crippen LogP contribution in [0.5, 0.6) is 0 Å². The molecule has 0 N–H and O–H groups in total. The van der Waals surface area contributed by atoms with Gasteiger partial charge in [0, 0.05) is 12.1 Å². The summed E-state index contributed by atoms with van der Waals surface area (Å²) in [5.74, 6) is 0. The summed E-state index contributed by atoms with van der Waals surface area (Å²) in [6.45, 7) is 0. The van der Waals surface area contributed by atoms with Crippen molar-refractivity contribution in [2.24, 2.45) is 4.40 Å². The maximum Gasteiger partial charge on any atom is 0.290 e. The molecule has 0 fully saturated rings. The van der Waals surface area contributed by atoms with Gasteiger partial charge in [-0.05, 0) is 24.4 Å². The van der Waals surface area contributed by atoms with E-state index in [1.165, 1.54) is 0 Å². The lowest BCUT2D eigenvalue weighted by Gasteiger charge is -1.95. The Kier molecular flexibility index (Phi) is 3.25. The molecule has 1 aromatic carbocycles. The predicted molar refractivity (Wildman–Crippen MR) is 55.3 cm³/mol. The zero-order valence-corrected chi connectivity index (χ0v) is 8.79. The SMILES string of the molecule is O=[N+]([O-])c1ccc(S(=O)(=O)N=C=S)cc1.